The molecule has 3 N–H and O–H groups in total. The Balaban J connectivity index is 0.710. The molecule has 1 saturated heterocycles. The SMILES string of the molecule is C=CC(=O)Nc1cccc(-n2c(=O)cc(C)c3cnc(Nc4ccc(N5CCN(CCCCCCCCCCCCNC(=O)CC67CC8CC(CC(C8)C6)C7)CC5)cc4OC)nc32)c1. The van der Waals surface area contributed by atoms with E-state index in [1.807, 2.05) is 13.0 Å². The number of hydrogen-bond acceptors (Lipinski definition) is 9. The number of carbonyl (C=O) groups excluding carboxylic acids is 2. The Morgan fingerprint density at radius 3 is 2.19 bits per heavy atom. The summed E-state index contributed by atoms with van der Waals surface area (Å²) in [5.41, 5.74) is 4.26. The topological polar surface area (TPSA) is 134 Å². The number of rotatable bonds is 22. The number of pyridine rings is 1. The summed E-state index contributed by atoms with van der Waals surface area (Å²) in [6, 6.07) is 14.8. The van der Waals surface area contributed by atoms with Gasteiger partial charge < -0.3 is 25.6 Å². The molecule has 0 atom stereocenters. The molecule has 0 spiro atoms. The third-order valence-corrected chi connectivity index (χ3v) is 14.6. The lowest BCUT2D eigenvalue weighted by Gasteiger charge is -2.56. The molecule has 2 amide bonds. The molecular weight excluding hydrogens is 801 g/mol. The molecule has 1 aliphatic heterocycles. The van der Waals surface area contributed by atoms with Gasteiger partial charge in [-0.25, -0.2) is 4.98 Å². The fourth-order valence-electron chi connectivity index (χ4n) is 11.8. The number of nitrogens with one attached hydrogen (secondary N) is 3. The van der Waals surface area contributed by atoms with Crippen LogP contribution in [0.25, 0.3) is 16.7 Å². The lowest BCUT2D eigenvalue weighted by atomic mass is 9.49. The van der Waals surface area contributed by atoms with Gasteiger partial charge in [0.2, 0.25) is 17.8 Å². The molecule has 4 bridgehead atoms. The van der Waals surface area contributed by atoms with E-state index >= 15 is 0 Å². The zero-order valence-electron chi connectivity index (χ0n) is 38.3. The van der Waals surface area contributed by atoms with Crippen molar-refractivity contribution < 1.29 is 14.3 Å². The van der Waals surface area contributed by atoms with Crippen LogP contribution in [0.4, 0.5) is 23.0 Å². The molecule has 4 aliphatic carbocycles. The molecular formula is C52H70N8O4. The van der Waals surface area contributed by atoms with Crippen LogP contribution in [0.2, 0.25) is 0 Å². The van der Waals surface area contributed by atoms with Gasteiger partial charge in [0.25, 0.3) is 5.56 Å². The van der Waals surface area contributed by atoms with Crippen molar-refractivity contribution in [1.29, 1.82) is 0 Å². The van der Waals surface area contributed by atoms with Crippen LogP contribution in [0.15, 0.2) is 72.2 Å². The van der Waals surface area contributed by atoms with Crippen LogP contribution in [0, 0.1) is 30.1 Å². The summed E-state index contributed by atoms with van der Waals surface area (Å²) >= 11 is 0. The van der Waals surface area contributed by atoms with Gasteiger partial charge in [0.05, 0.1) is 18.5 Å². The average Bonchev–Trinajstić information content (AvgIpc) is 3.27. The van der Waals surface area contributed by atoms with Crippen molar-refractivity contribution >= 4 is 45.9 Å². The third-order valence-electron chi connectivity index (χ3n) is 14.6. The Hall–Kier alpha value is -5.23. The van der Waals surface area contributed by atoms with Crippen molar-refractivity contribution in [3.05, 3.63) is 83.3 Å². The van der Waals surface area contributed by atoms with E-state index in [0.29, 0.717) is 40.0 Å². The van der Waals surface area contributed by atoms with Crippen molar-refractivity contribution in [2.24, 2.45) is 23.2 Å². The third kappa shape index (κ3) is 11.3. The van der Waals surface area contributed by atoms with Crippen molar-refractivity contribution in [1.82, 2.24) is 24.8 Å². The second-order valence-electron chi connectivity index (χ2n) is 19.5. The molecule has 64 heavy (non-hydrogen) atoms. The number of benzene rings is 2. The number of aryl methyl sites for hydroxylation is 1. The first kappa shape index (κ1) is 45.3. The number of fused-ring (bicyclic) bond motifs is 1. The summed E-state index contributed by atoms with van der Waals surface area (Å²) in [5, 5.41) is 10.1. The highest BCUT2D eigenvalue weighted by Gasteiger charge is 2.51. The minimum absolute atomic E-state index is 0.243. The van der Waals surface area contributed by atoms with Gasteiger partial charge in [-0.1, -0.05) is 64.0 Å². The highest BCUT2D eigenvalue weighted by Crippen LogP contribution is 2.61. The number of unbranched alkanes of at least 4 members (excludes halogenated alkanes) is 9. The van der Waals surface area contributed by atoms with Crippen molar-refractivity contribution in [3.8, 4) is 11.4 Å². The number of piperazine rings is 1. The summed E-state index contributed by atoms with van der Waals surface area (Å²) < 4.78 is 7.37. The maximum absolute atomic E-state index is 13.4. The van der Waals surface area contributed by atoms with Crippen LogP contribution < -0.4 is 31.1 Å². The van der Waals surface area contributed by atoms with Crippen LogP contribution in [0.1, 0.15) is 115 Å². The Labute approximate surface area is 379 Å². The maximum atomic E-state index is 13.4. The van der Waals surface area contributed by atoms with Crippen molar-refractivity contribution in [2.45, 2.75) is 116 Å². The normalized spacial score (nSPS) is 21.5. The van der Waals surface area contributed by atoms with Crippen LogP contribution in [0.3, 0.4) is 0 Å². The van der Waals surface area contributed by atoms with E-state index in [4.69, 9.17) is 9.72 Å². The van der Waals surface area contributed by atoms with Crippen LogP contribution in [-0.2, 0) is 9.59 Å². The standard InChI is InChI=1S/C52H70N8O4/c1-4-47(61)55-41-16-15-17-43(30-41)60-49(63)26-37(2)44-36-54-51(57-50(44)60)56-45-19-18-42(31-46(45)64-3)59-24-22-58(23-25-59)21-14-12-10-8-6-5-7-9-11-13-20-53-48(62)35-52-32-38-27-39(33-52)29-40(28-38)34-52/h4,15-19,26,30-31,36,38-40H,1,5-14,20-25,27-29,32-35H2,2-3H3,(H,53,62)(H,55,61)(H,54,56,57). The average molecular weight is 871 g/mol. The molecule has 5 aliphatic rings. The van der Waals surface area contributed by atoms with Gasteiger partial charge in [-0.3, -0.25) is 23.9 Å². The largest absolute Gasteiger partial charge is 0.494 e. The molecule has 5 fully saturated rings. The first-order valence-corrected chi connectivity index (χ1v) is 24.3. The Morgan fingerprint density at radius 1 is 0.844 bits per heavy atom. The highest BCUT2D eigenvalue weighted by atomic mass is 16.5. The Morgan fingerprint density at radius 2 is 1.52 bits per heavy atom. The van der Waals surface area contributed by atoms with E-state index in [2.05, 4.69) is 49.4 Å². The summed E-state index contributed by atoms with van der Waals surface area (Å²) in [7, 11) is 1.66. The lowest BCUT2D eigenvalue weighted by Crippen LogP contribution is -2.48. The number of aromatic nitrogens is 3. The number of ether oxygens (including phenoxy) is 1. The maximum Gasteiger partial charge on any atom is 0.257 e. The van der Waals surface area contributed by atoms with Crippen LogP contribution in [-0.4, -0.2) is 77.6 Å². The second kappa shape index (κ2) is 21.2. The second-order valence-corrected chi connectivity index (χ2v) is 19.5. The number of amides is 2. The van der Waals surface area contributed by atoms with Gasteiger partial charge in [0, 0.05) is 74.2 Å². The number of nitrogens with zero attached hydrogens (tertiary/aromatic N) is 5. The summed E-state index contributed by atoms with van der Waals surface area (Å²) in [6.45, 7) is 11.4. The zero-order chi connectivity index (χ0) is 44.5. The van der Waals surface area contributed by atoms with Crippen LogP contribution >= 0.6 is 0 Å². The fourth-order valence-corrected chi connectivity index (χ4v) is 11.8. The highest BCUT2D eigenvalue weighted by molar-refractivity contribution is 5.99. The molecule has 2 aromatic heterocycles. The quantitative estimate of drug-likeness (QED) is 0.0522. The predicted molar refractivity (Wildman–Crippen MR) is 258 cm³/mol. The van der Waals surface area contributed by atoms with E-state index in [1.54, 1.807) is 43.6 Å². The molecule has 4 aromatic rings. The predicted octanol–water partition coefficient (Wildman–Crippen LogP) is 9.71. The van der Waals surface area contributed by atoms with Gasteiger partial charge in [-0.05, 0) is 130 Å². The summed E-state index contributed by atoms with van der Waals surface area (Å²) in [4.78, 5) is 52.6. The monoisotopic (exact) mass is 871 g/mol. The molecule has 9 rings (SSSR count). The van der Waals surface area contributed by atoms with E-state index < -0.39 is 0 Å². The molecule has 0 unspecified atom stereocenters. The van der Waals surface area contributed by atoms with Gasteiger partial charge in [-0.2, -0.15) is 4.98 Å². The number of methoxy groups -OCH3 is 1. The van der Waals surface area contributed by atoms with Gasteiger partial charge in [0.15, 0.2) is 5.65 Å². The van der Waals surface area contributed by atoms with Gasteiger partial charge >= 0.3 is 0 Å². The van der Waals surface area contributed by atoms with Crippen molar-refractivity contribution in [2.75, 3.05) is 61.9 Å². The molecule has 12 heteroatoms. The van der Waals surface area contributed by atoms with E-state index in [0.717, 1.165) is 92.2 Å². The Bertz CT molecular complexity index is 2280. The summed E-state index contributed by atoms with van der Waals surface area (Å²) in [6.07, 6.45) is 24.8. The first-order valence-electron chi connectivity index (χ1n) is 24.3. The lowest BCUT2D eigenvalue weighted by molar-refractivity contribution is -0.129. The smallest absolute Gasteiger partial charge is 0.257 e. The molecule has 342 valence electrons. The molecule has 4 saturated carbocycles. The zero-order valence-corrected chi connectivity index (χ0v) is 38.3. The molecule has 2 aromatic carbocycles. The van der Waals surface area contributed by atoms with Gasteiger partial charge in [-0.15, -0.1) is 0 Å². The Kier molecular flexibility index (Phi) is 15.0. The van der Waals surface area contributed by atoms with Crippen molar-refractivity contribution in [3.63, 3.8) is 0 Å². The van der Waals surface area contributed by atoms with E-state index in [1.165, 1.54) is 107 Å². The minimum Gasteiger partial charge on any atom is -0.494 e. The first-order chi connectivity index (χ1) is 31.2. The minimum atomic E-state index is -0.338. The summed E-state index contributed by atoms with van der Waals surface area (Å²) in [5.74, 6) is 3.74. The molecule has 0 radical (unpaired) electrons. The molecule has 3 heterocycles. The number of anilines is 4. The molecule has 12 nitrogen and oxygen atoms in total. The fraction of sp³-hybridized carbons (Fsp3) is 0.558. The number of carbonyl (C=O) groups is 2. The van der Waals surface area contributed by atoms with Crippen LogP contribution in [0.5, 0.6) is 5.75 Å². The van der Waals surface area contributed by atoms with E-state index in [9.17, 15) is 14.4 Å². The number of hydrogen-bond donors (Lipinski definition) is 3. The van der Waals surface area contributed by atoms with E-state index in [-0.39, 0.29) is 11.5 Å². The van der Waals surface area contributed by atoms with Gasteiger partial charge in [0.1, 0.15) is 5.75 Å².